The number of fused-ring (bicyclic) bond motifs is 1. The lowest BCUT2D eigenvalue weighted by Crippen LogP contribution is -2.61. The van der Waals surface area contributed by atoms with Crippen LogP contribution < -0.4 is 0 Å². The minimum Gasteiger partial charge on any atom is -0.411 e. The fraction of sp³-hybridized carbons (Fsp3) is 0.778. The summed E-state index contributed by atoms with van der Waals surface area (Å²) in [5.41, 5.74) is 3.22. The van der Waals surface area contributed by atoms with Gasteiger partial charge in [0.15, 0.2) is 8.32 Å². The third kappa shape index (κ3) is 1.97. The summed E-state index contributed by atoms with van der Waals surface area (Å²) < 4.78 is 13.4. The van der Waals surface area contributed by atoms with Gasteiger partial charge in [0.1, 0.15) is 0 Å². The molecule has 2 heterocycles. The highest BCUT2D eigenvalue weighted by Crippen LogP contribution is 2.63. The van der Waals surface area contributed by atoms with E-state index in [4.69, 9.17) is 9.16 Å². The molecule has 116 valence electrons. The van der Waals surface area contributed by atoms with Gasteiger partial charge >= 0.3 is 0 Å². The van der Waals surface area contributed by atoms with E-state index in [-0.39, 0.29) is 11.0 Å². The average molecular weight is 305 g/mol. The number of hydrogen-bond acceptors (Lipinski definition) is 2. The quantitative estimate of drug-likeness (QED) is 0.549. The van der Waals surface area contributed by atoms with E-state index in [1.54, 1.807) is 5.57 Å². The van der Waals surface area contributed by atoms with Crippen LogP contribution in [0.15, 0.2) is 23.3 Å². The molecule has 1 spiro atoms. The van der Waals surface area contributed by atoms with Crippen molar-refractivity contribution < 1.29 is 9.16 Å². The maximum atomic E-state index is 6.95. The van der Waals surface area contributed by atoms with Crippen LogP contribution in [0.1, 0.15) is 45.4 Å². The summed E-state index contributed by atoms with van der Waals surface area (Å²) in [7, 11) is -1.59. The number of hydrogen-bond donors (Lipinski definition) is 0. The van der Waals surface area contributed by atoms with E-state index in [0.717, 1.165) is 12.8 Å². The fourth-order valence-corrected chi connectivity index (χ4v) is 6.99. The highest BCUT2D eigenvalue weighted by atomic mass is 28.4. The van der Waals surface area contributed by atoms with Crippen LogP contribution in [-0.2, 0) is 9.16 Å². The normalized spacial score (nSPS) is 45.0. The fourth-order valence-electron chi connectivity index (χ4n) is 5.48. The lowest BCUT2D eigenvalue weighted by Gasteiger charge is -2.55. The highest BCUT2D eigenvalue weighted by molar-refractivity contribution is 6.69. The largest absolute Gasteiger partial charge is 0.411 e. The summed E-state index contributed by atoms with van der Waals surface area (Å²) >= 11 is 0. The van der Waals surface area contributed by atoms with E-state index in [2.05, 4.69) is 38.7 Å². The molecule has 4 atom stereocenters. The topological polar surface area (TPSA) is 18.5 Å². The summed E-state index contributed by atoms with van der Waals surface area (Å²) in [6.07, 6.45) is 12.9. The van der Waals surface area contributed by atoms with E-state index in [1.165, 1.54) is 31.3 Å². The molecule has 2 fully saturated rings. The molecule has 0 aromatic carbocycles. The first-order valence-electron chi connectivity index (χ1n) is 8.58. The van der Waals surface area contributed by atoms with Crippen molar-refractivity contribution in [1.29, 1.82) is 0 Å². The van der Waals surface area contributed by atoms with Crippen LogP contribution in [0.2, 0.25) is 19.6 Å². The third-order valence-corrected chi connectivity index (χ3v) is 6.77. The molecule has 2 bridgehead atoms. The molecule has 1 saturated carbocycles. The SMILES string of the molecule is CC1=CC23CCCCC4=CC(CC2(O[Si](C)(C)C)C1)OC43. The van der Waals surface area contributed by atoms with Crippen LogP contribution in [0.4, 0.5) is 0 Å². The zero-order valence-corrected chi connectivity index (χ0v) is 14.9. The van der Waals surface area contributed by atoms with Gasteiger partial charge in [0.05, 0.1) is 17.8 Å². The Morgan fingerprint density at radius 2 is 2.10 bits per heavy atom. The van der Waals surface area contributed by atoms with Crippen LogP contribution in [0, 0.1) is 5.41 Å². The standard InChI is InChI=1S/C18H28O2Si/c1-13-10-17-8-6-5-7-14-9-15(19-16(14)17)12-18(17,11-13)20-21(2,3)4/h9-10,15-16H,5-8,11-12H2,1-4H3. The van der Waals surface area contributed by atoms with Gasteiger partial charge in [0, 0.05) is 11.8 Å². The zero-order valence-electron chi connectivity index (χ0n) is 13.9. The zero-order chi connectivity index (χ0) is 14.9. The maximum absolute atomic E-state index is 6.95. The van der Waals surface area contributed by atoms with Crippen molar-refractivity contribution in [1.82, 2.24) is 0 Å². The Hall–Kier alpha value is -0.383. The van der Waals surface area contributed by atoms with Crippen molar-refractivity contribution in [2.45, 2.75) is 82.9 Å². The van der Waals surface area contributed by atoms with Gasteiger partial charge in [-0.25, -0.2) is 0 Å². The average Bonchev–Trinajstić information content (AvgIpc) is 2.76. The summed E-state index contributed by atoms with van der Waals surface area (Å²) in [4.78, 5) is 0. The molecule has 0 amide bonds. The van der Waals surface area contributed by atoms with E-state index >= 15 is 0 Å². The lowest BCUT2D eigenvalue weighted by atomic mass is 9.65. The van der Waals surface area contributed by atoms with Crippen LogP contribution >= 0.6 is 0 Å². The Labute approximate surface area is 129 Å². The van der Waals surface area contributed by atoms with E-state index in [1.807, 2.05) is 0 Å². The Morgan fingerprint density at radius 3 is 2.86 bits per heavy atom. The summed E-state index contributed by atoms with van der Waals surface area (Å²) in [6.45, 7) is 9.31. The Kier molecular flexibility index (Phi) is 2.93. The van der Waals surface area contributed by atoms with Gasteiger partial charge < -0.3 is 9.16 Å². The molecule has 0 aromatic rings. The molecule has 4 aliphatic rings. The predicted octanol–water partition coefficient (Wildman–Crippen LogP) is 4.58. The second-order valence-electron chi connectivity index (χ2n) is 8.62. The van der Waals surface area contributed by atoms with E-state index in [9.17, 15) is 0 Å². The third-order valence-electron chi connectivity index (χ3n) is 5.77. The Balaban J connectivity index is 1.84. The molecule has 0 aromatic heterocycles. The minimum absolute atomic E-state index is 0.0116. The van der Waals surface area contributed by atoms with Gasteiger partial charge in [-0.15, -0.1) is 0 Å². The van der Waals surface area contributed by atoms with Crippen LogP contribution in [0.3, 0.4) is 0 Å². The first kappa shape index (κ1) is 14.2. The van der Waals surface area contributed by atoms with E-state index < -0.39 is 8.32 Å². The molecule has 1 saturated heterocycles. The van der Waals surface area contributed by atoms with Gasteiger partial charge in [-0.1, -0.05) is 24.1 Å². The molecule has 4 rings (SSSR count). The van der Waals surface area contributed by atoms with Gasteiger partial charge in [-0.3, -0.25) is 0 Å². The number of rotatable bonds is 2. The molecular formula is C18H28O2Si. The summed E-state index contributed by atoms with van der Waals surface area (Å²) in [6, 6.07) is 0. The van der Waals surface area contributed by atoms with Crippen molar-refractivity contribution in [3.63, 3.8) is 0 Å². The maximum Gasteiger partial charge on any atom is 0.184 e. The first-order valence-corrected chi connectivity index (χ1v) is 12.0. The van der Waals surface area contributed by atoms with Crippen molar-refractivity contribution in [2.24, 2.45) is 5.41 Å². The lowest BCUT2D eigenvalue weighted by molar-refractivity contribution is -0.172. The molecule has 3 heteroatoms. The monoisotopic (exact) mass is 304 g/mol. The Morgan fingerprint density at radius 1 is 1.29 bits per heavy atom. The molecule has 0 radical (unpaired) electrons. The second kappa shape index (κ2) is 4.33. The molecule has 4 unspecified atom stereocenters. The Bertz CT molecular complexity index is 530. The van der Waals surface area contributed by atoms with Crippen molar-refractivity contribution in [3.05, 3.63) is 23.3 Å². The molecule has 2 aliphatic heterocycles. The molecule has 0 N–H and O–H groups in total. The van der Waals surface area contributed by atoms with Crippen molar-refractivity contribution in [2.75, 3.05) is 0 Å². The molecule has 2 aliphatic carbocycles. The highest BCUT2D eigenvalue weighted by Gasteiger charge is 2.65. The van der Waals surface area contributed by atoms with Gasteiger partial charge in [0.2, 0.25) is 0 Å². The summed E-state index contributed by atoms with van der Waals surface area (Å²) in [5, 5.41) is 0. The smallest absolute Gasteiger partial charge is 0.184 e. The second-order valence-corrected chi connectivity index (χ2v) is 13.1. The summed E-state index contributed by atoms with van der Waals surface area (Å²) in [5.74, 6) is 0. The van der Waals surface area contributed by atoms with Gasteiger partial charge in [-0.2, -0.15) is 0 Å². The van der Waals surface area contributed by atoms with Crippen molar-refractivity contribution in [3.8, 4) is 0 Å². The van der Waals surface area contributed by atoms with E-state index in [0.29, 0.717) is 12.2 Å². The molecule has 21 heavy (non-hydrogen) atoms. The van der Waals surface area contributed by atoms with Crippen molar-refractivity contribution >= 4 is 8.32 Å². The van der Waals surface area contributed by atoms with Crippen LogP contribution in [0.5, 0.6) is 0 Å². The molecule has 2 nitrogen and oxygen atoms in total. The van der Waals surface area contributed by atoms with Gasteiger partial charge in [0.25, 0.3) is 0 Å². The first-order chi connectivity index (χ1) is 9.84. The van der Waals surface area contributed by atoms with Crippen LogP contribution in [-0.4, -0.2) is 26.1 Å². The minimum atomic E-state index is -1.59. The predicted molar refractivity (Wildman–Crippen MR) is 87.8 cm³/mol. The molecular weight excluding hydrogens is 276 g/mol. The van der Waals surface area contributed by atoms with Gasteiger partial charge in [-0.05, 0) is 57.8 Å². The van der Waals surface area contributed by atoms with Crippen LogP contribution in [0.25, 0.3) is 0 Å². The number of ether oxygens (including phenoxy) is 1.